The fraction of sp³-hybridized carbons (Fsp3) is 0.533. The van der Waals surface area contributed by atoms with Crippen molar-refractivity contribution in [2.45, 2.75) is 19.9 Å². The molecule has 1 fully saturated rings. The van der Waals surface area contributed by atoms with Crippen molar-refractivity contribution >= 4 is 17.3 Å². The monoisotopic (exact) mass is 277 g/mol. The SMILES string of the molecule is CCN1CCN(C(=S)N[C@H](C)c2ccccc2)CC1. The van der Waals surface area contributed by atoms with E-state index in [0.717, 1.165) is 37.8 Å². The molecule has 1 saturated heterocycles. The van der Waals surface area contributed by atoms with Gasteiger partial charge in [-0.15, -0.1) is 0 Å². The van der Waals surface area contributed by atoms with Crippen molar-refractivity contribution in [1.82, 2.24) is 15.1 Å². The van der Waals surface area contributed by atoms with Crippen LogP contribution in [0.2, 0.25) is 0 Å². The minimum Gasteiger partial charge on any atom is -0.356 e. The van der Waals surface area contributed by atoms with Gasteiger partial charge in [-0.05, 0) is 31.2 Å². The Balaban J connectivity index is 1.84. The zero-order chi connectivity index (χ0) is 13.7. The molecule has 1 heterocycles. The smallest absolute Gasteiger partial charge is 0.169 e. The van der Waals surface area contributed by atoms with Crippen LogP contribution in [0, 0.1) is 0 Å². The first-order chi connectivity index (χ1) is 9.20. The molecule has 1 aromatic carbocycles. The molecule has 3 nitrogen and oxygen atoms in total. The van der Waals surface area contributed by atoms with E-state index < -0.39 is 0 Å². The minimum atomic E-state index is 0.262. The first-order valence-electron chi connectivity index (χ1n) is 7.03. The molecule has 2 rings (SSSR count). The first-order valence-corrected chi connectivity index (χ1v) is 7.44. The Morgan fingerprint density at radius 2 is 1.84 bits per heavy atom. The van der Waals surface area contributed by atoms with E-state index in [4.69, 9.17) is 12.2 Å². The summed E-state index contributed by atoms with van der Waals surface area (Å²) >= 11 is 5.52. The van der Waals surface area contributed by atoms with Gasteiger partial charge in [0.15, 0.2) is 5.11 Å². The number of rotatable bonds is 3. The van der Waals surface area contributed by atoms with E-state index in [9.17, 15) is 0 Å². The summed E-state index contributed by atoms with van der Waals surface area (Å²) in [4.78, 5) is 4.74. The van der Waals surface area contributed by atoms with Crippen LogP contribution < -0.4 is 5.32 Å². The number of likely N-dealkylation sites (N-methyl/N-ethyl adjacent to an activating group) is 1. The molecule has 19 heavy (non-hydrogen) atoms. The number of hydrogen-bond donors (Lipinski definition) is 1. The van der Waals surface area contributed by atoms with Crippen molar-refractivity contribution in [3.8, 4) is 0 Å². The summed E-state index contributed by atoms with van der Waals surface area (Å²) in [6, 6.07) is 10.7. The fourth-order valence-corrected chi connectivity index (χ4v) is 2.73. The second-order valence-corrected chi connectivity index (χ2v) is 5.39. The molecular formula is C15H23N3S. The maximum absolute atomic E-state index is 5.52. The Morgan fingerprint density at radius 3 is 2.42 bits per heavy atom. The lowest BCUT2D eigenvalue weighted by molar-refractivity contribution is 0.188. The Kier molecular flexibility index (Phi) is 5.16. The lowest BCUT2D eigenvalue weighted by Crippen LogP contribution is -2.51. The third-order valence-corrected chi connectivity index (χ3v) is 4.12. The van der Waals surface area contributed by atoms with Crippen LogP contribution in [0.4, 0.5) is 0 Å². The quantitative estimate of drug-likeness (QED) is 0.854. The van der Waals surface area contributed by atoms with Gasteiger partial charge >= 0.3 is 0 Å². The number of thiocarbonyl (C=S) groups is 1. The molecule has 0 radical (unpaired) electrons. The lowest BCUT2D eigenvalue weighted by atomic mass is 10.1. The Labute approximate surface area is 121 Å². The molecule has 1 aliphatic rings. The van der Waals surface area contributed by atoms with Gasteiger partial charge in [0.25, 0.3) is 0 Å². The number of nitrogens with zero attached hydrogens (tertiary/aromatic N) is 2. The topological polar surface area (TPSA) is 18.5 Å². The van der Waals surface area contributed by atoms with Crippen molar-refractivity contribution in [3.63, 3.8) is 0 Å². The van der Waals surface area contributed by atoms with E-state index in [1.165, 1.54) is 5.56 Å². The first kappa shape index (κ1) is 14.3. The lowest BCUT2D eigenvalue weighted by Gasteiger charge is -2.36. The van der Waals surface area contributed by atoms with E-state index in [2.05, 4.69) is 53.2 Å². The second kappa shape index (κ2) is 6.87. The number of nitrogens with one attached hydrogen (secondary N) is 1. The van der Waals surface area contributed by atoms with Gasteiger partial charge in [-0.3, -0.25) is 0 Å². The van der Waals surface area contributed by atoms with Gasteiger partial charge in [-0.25, -0.2) is 0 Å². The maximum atomic E-state index is 5.52. The maximum Gasteiger partial charge on any atom is 0.169 e. The van der Waals surface area contributed by atoms with Crippen LogP contribution in [0.15, 0.2) is 30.3 Å². The third kappa shape index (κ3) is 3.91. The number of hydrogen-bond acceptors (Lipinski definition) is 2. The van der Waals surface area contributed by atoms with Crippen LogP contribution >= 0.6 is 12.2 Å². The van der Waals surface area contributed by atoms with E-state index in [0.29, 0.717) is 0 Å². The van der Waals surface area contributed by atoms with Gasteiger partial charge in [0.1, 0.15) is 0 Å². The molecule has 4 heteroatoms. The van der Waals surface area contributed by atoms with Gasteiger partial charge in [0.2, 0.25) is 0 Å². The summed E-state index contributed by atoms with van der Waals surface area (Å²) in [5.74, 6) is 0. The highest BCUT2D eigenvalue weighted by Gasteiger charge is 2.18. The van der Waals surface area contributed by atoms with Crippen LogP contribution in [0.25, 0.3) is 0 Å². The standard InChI is InChI=1S/C15H23N3S/c1-3-17-9-11-18(12-10-17)15(19)16-13(2)14-7-5-4-6-8-14/h4-8,13H,3,9-12H2,1-2H3,(H,16,19)/t13-/m1/s1. The van der Waals surface area contributed by atoms with E-state index in [-0.39, 0.29) is 6.04 Å². The van der Waals surface area contributed by atoms with Gasteiger partial charge in [-0.2, -0.15) is 0 Å². The van der Waals surface area contributed by atoms with Crippen molar-refractivity contribution in [3.05, 3.63) is 35.9 Å². The number of piperazine rings is 1. The van der Waals surface area contributed by atoms with Crippen LogP contribution in [0.5, 0.6) is 0 Å². The highest BCUT2D eigenvalue weighted by atomic mass is 32.1. The van der Waals surface area contributed by atoms with Gasteiger partial charge < -0.3 is 15.1 Å². The molecule has 1 N–H and O–H groups in total. The number of benzene rings is 1. The highest BCUT2D eigenvalue weighted by molar-refractivity contribution is 7.80. The van der Waals surface area contributed by atoms with Gasteiger partial charge in [0.05, 0.1) is 6.04 Å². The van der Waals surface area contributed by atoms with Crippen LogP contribution in [-0.2, 0) is 0 Å². The summed E-state index contributed by atoms with van der Waals surface area (Å²) in [5, 5.41) is 4.32. The average molecular weight is 277 g/mol. The van der Waals surface area contributed by atoms with Crippen LogP contribution in [-0.4, -0.2) is 47.6 Å². The molecule has 1 atom stereocenters. The molecule has 1 aliphatic heterocycles. The minimum absolute atomic E-state index is 0.262. The molecule has 1 aromatic rings. The van der Waals surface area contributed by atoms with Crippen molar-refractivity contribution < 1.29 is 0 Å². The van der Waals surface area contributed by atoms with E-state index in [1.807, 2.05) is 6.07 Å². The second-order valence-electron chi connectivity index (χ2n) is 5.00. The van der Waals surface area contributed by atoms with Crippen LogP contribution in [0.1, 0.15) is 25.5 Å². The zero-order valence-corrected chi connectivity index (χ0v) is 12.6. The summed E-state index contributed by atoms with van der Waals surface area (Å²) in [6.45, 7) is 9.78. The molecule has 104 valence electrons. The van der Waals surface area contributed by atoms with Crippen LogP contribution in [0.3, 0.4) is 0 Å². The predicted octanol–water partition coefficient (Wildman–Crippen LogP) is 2.26. The molecule has 0 aliphatic carbocycles. The Hall–Kier alpha value is -1.13. The summed E-state index contributed by atoms with van der Waals surface area (Å²) in [7, 11) is 0. The summed E-state index contributed by atoms with van der Waals surface area (Å²) < 4.78 is 0. The average Bonchev–Trinajstić information content (AvgIpc) is 2.48. The molecule has 0 amide bonds. The Bertz CT molecular complexity index is 399. The largest absolute Gasteiger partial charge is 0.356 e. The summed E-state index contributed by atoms with van der Waals surface area (Å²) in [6.07, 6.45) is 0. The normalized spacial score (nSPS) is 18.1. The Morgan fingerprint density at radius 1 is 1.21 bits per heavy atom. The molecule has 0 aromatic heterocycles. The third-order valence-electron chi connectivity index (χ3n) is 3.75. The predicted molar refractivity (Wildman–Crippen MR) is 84.3 cm³/mol. The fourth-order valence-electron chi connectivity index (χ4n) is 2.37. The van der Waals surface area contributed by atoms with Gasteiger partial charge in [0, 0.05) is 26.2 Å². The van der Waals surface area contributed by atoms with E-state index >= 15 is 0 Å². The van der Waals surface area contributed by atoms with Crippen molar-refractivity contribution in [1.29, 1.82) is 0 Å². The zero-order valence-electron chi connectivity index (χ0n) is 11.8. The van der Waals surface area contributed by atoms with Gasteiger partial charge in [-0.1, -0.05) is 37.3 Å². The van der Waals surface area contributed by atoms with Crippen molar-refractivity contribution in [2.75, 3.05) is 32.7 Å². The molecular weight excluding hydrogens is 254 g/mol. The molecule has 0 spiro atoms. The van der Waals surface area contributed by atoms with Crippen molar-refractivity contribution in [2.24, 2.45) is 0 Å². The molecule has 0 saturated carbocycles. The highest BCUT2D eigenvalue weighted by Crippen LogP contribution is 2.12. The molecule has 0 bridgehead atoms. The molecule has 0 unspecified atom stereocenters. The van der Waals surface area contributed by atoms with E-state index in [1.54, 1.807) is 0 Å². The summed E-state index contributed by atoms with van der Waals surface area (Å²) in [5.41, 5.74) is 1.28.